The Morgan fingerprint density at radius 2 is 2.03 bits per heavy atom. The minimum absolute atomic E-state index is 0.0202. The predicted octanol–water partition coefficient (Wildman–Crippen LogP) is 3.12. The van der Waals surface area contributed by atoms with Gasteiger partial charge in [0.25, 0.3) is 0 Å². The number of nitrogens with zero attached hydrogens (tertiary/aromatic N) is 6. The Hall–Kier alpha value is -3.85. The topological polar surface area (TPSA) is 114 Å². The maximum absolute atomic E-state index is 12.0. The van der Waals surface area contributed by atoms with Crippen LogP contribution in [0.1, 0.15) is 31.7 Å². The van der Waals surface area contributed by atoms with Gasteiger partial charge in [0.2, 0.25) is 11.9 Å². The van der Waals surface area contributed by atoms with Gasteiger partial charge in [-0.1, -0.05) is 13.8 Å². The first-order valence-corrected chi connectivity index (χ1v) is 10.6. The van der Waals surface area contributed by atoms with E-state index < -0.39 is 0 Å². The Kier molecular flexibility index (Phi) is 5.02. The highest BCUT2D eigenvalue weighted by atomic mass is 16.2. The molecule has 3 N–H and O–H groups in total. The van der Waals surface area contributed by atoms with E-state index in [9.17, 15) is 4.79 Å². The van der Waals surface area contributed by atoms with Crippen LogP contribution >= 0.6 is 0 Å². The molecule has 0 bridgehead atoms. The number of rotatable bonds is 5. The van der Waals surface area contributed by atoms with Crippen molar-refractivity contribution in [1.82, 2.24) is 24.6 Å². The maximum atomic E-state index is 12.0. The van der Waals surface area contributed by atoms with Gasteiger partial charge < -0.3 is 16.0 Å². The van der Waals surface area contributed by atoms with Crippen molar-refractivity contribution < 1.29 is 4.79 Å². The molecule has 5 rings (SSSR count). The highest BCUT2D eigenvalue weighted by Crippen LogP contribution is 2.26. The molecule has 1 aliphatic rings. The molecule has 4 aromatic rings. The summed E-state index contributed by atoms with van der Waals surface area (Å²) >= 11 is 0. The van der Waals surface area contributed by atoms with E-state index in [4.69, 9.17) is 5.73 Å². The lowest BCUT2D eigenvalue weighted by Crippen LogP contribution is -2.28. The van der Waals surface area contributed by atoms with Gasteiger partial charge in [-0.25, -0.2) is 19.5 Å². The van der Waals surface area contributed by atoms with E-state index in [1.807, 2.05) is 35.1 Å². The van der Waals surface area contributed by atoms with E-state index in [1.54, 1.807) is 23.4 Å². The zero-order chi connectivity index (χ0) is 22.2. The summed E-state index contributed by atoms with van der Waals surface area (Å²) in [5.74, 6) is 1.44. The van der Waals surface area contributed by atoms with Crippen molar-refractivity contribution in [1.29, 1.82) is 0 Å². The average Bonchev–Trinajstić information content (AvgIpc) is 3.36. The van der Waals surface area contributed by atoms with Gasteiger partial charge in [-0.2, -0.15) is 5.10 Å². The largest absolute Gasteiger partial charge is 0.326 e. The fraction of sp³-hybridized carbons (Fsp3) is 0.261. The number of nitrogens with one attached hydrogen (secondary N) is 1. The summed E-state index contributed by atoms with van der Waals surface area (Å²) in [7, 11) is 0. The summed E-state index contributed by atoms with van der Waals surface area (Å²) < 4.78 is 1.88. The zero-order valence-electron chi connectivity index (χ0n) is 17.9. The van der Waals surface area contributed by atoms with Crippen molar-refractivity contribution in [2.24, 2.45) is 5.73 Å². The molecular weight excluding hydrogens is 404 g/mol. The van der Waals surface area contributed by atoms with Gasteiger partial charge in [-0.05, 0) is 36.2 Å². The second-order valence-electron chi connectivity index (χ2n) is 8.26. The number of carbonyl (C=O) groups excluding carboxylic acids is 1. The molecule has 0 spiro atoms. The number of hydrogen-bond acceptors (Lipinski definition) is 7. The Balaban J connectivity index is 1.37. The summed E-state index contributed by atoms with van der Waals surface area (Å²) in [6.07, 6.45) is 7.59. The molecule has 9 nitrogen and oxygen atoms in total. The molecule has 0 radical (unpaired) electrons. The van der Waals surface area contributed by atoms with Crippen molar-refractivity contribution in [3.63, 3.8) is 0 Å². The van der Waals surface area contributed by atoms with Crippen LogP contribution in [0.5, 0.6) is 0 Å². The third kappa shape index (κ3) is 3.78. The zero-order valence-corrected chi connectivity index (χ0v) is 17.9. The molecule has 0 aromatic carbocycles. The van der Waals surface area contributed by atoms with Crippen LogP contribution in [0.15, 0.2) is 55.1 Å². The minimum Gasteiger partial charge on any atom is -0.326 e. The van der Waals surface area contributed by atoms with Crippen molar-refractivity contribution in [3.8, 4) is 11.3 Å². The van der Waals surface area contributed by atoms with E-state index in [0.29, 0.717) is 30.6 Å². The molecule has 0 aliphatic carbocycles. The number of hydrogen-bond donors (Lipinski definition) is 2. The normalized spacial score (nSPS) is 16.3. The first-order valence-electron chi connectivity index (χ1n) is 10.6. The highest BCUT2D eigenvalue weighted by molar-refractivity contribution is 5.96. The van der Waals surface area contributed by atoms with Crippen LogP contribution in [0, 0.1) is 0 Å². The van der Waals surface area contributed by atoms with Gasteiger partial charge >= 0.3 is 0 Å². The van der Waals surface area contributed by atoms with Gasteiger partial charge in [0.15, 0.2) is 0 Å². The molecular formula is C23H24N8O. The monoisotopic (exact) mass is 428 g/mol. The van der Waals surface area contributed by atoms with Crippen LogP contribution in [-0.4, -0.2) is 43.1 Å². The SMILES string of the molecule is CC(C)c1cnn2ccc(-c3ccnc(Nc4ccc(N5CC(N)CC5=O)cn4)n3)cc12. The first-order chi connectivity index (χ1) is 15.5. The number of fused-ring (bicyclic) bond motifs is 1. The van der Waals surface area contributed by atoms with Crippen molar-refractivity contribution in [2.75, 3.05) is 16.8 Å². The van der Waals surface area contributed by atoms with Crippen molar-refractivity contribution >= 4 is 28.9 Å². The second-order valence-corrected chi connectivity index (χ2v) is 8.26. The lowest BCUT2D eigenvalue weighted by molar-refractivity contribution is -0.117. The van der Waals surface area contributed by atoms with E-state index >= 15 is 0 Å². The van der Waals surface area contributed by atoms with Crippen molar-refractivity contribution in [2.45, 2.75) is 32.2 Å². The van der Waals surface area contributed by atoms with E-state index in [0.717, 1.165) is 22.5 Å². The minimum atomic E-state index is -0.130. The predicted molar refractivity (Wildman–Crippen MR) is 123 cm³/mol. The summed E-state index contributed by atoms with van der Waals surface area (Å²) in [5, 5.41) is 7.56. The quantitative estimate of drug-likeness (QED) is 0.502. The van der Waals surface area contributed by atoms with Crippen LogP contribution in [0.2, 0.25) is 0 Å². The molecule has 1 amide bonds. The van der Waals surface area contributed by atoms with Gasteiger partial charge in [0.05, 0.1) is 29.3 Å². The molecule has 5 heterocycles. The molecule has 1 aliphatic heterocycles. The van der Waals surface area contributed by atoms with Crippen LogP contribution < -0.4 is 16.0 Å². The second kappa shape index (κ2) is 8.01. The van der Waals surface area contributed by atoms with Crippen LogP contribution in [-0.2, 0) is 4.79 Å². The van der Waals surface area contributed by atoms with Crippen LogP contribution in [0.4, 0.5) is 17.5 Å². The fourth-order valence-corrected chi connectivity index (χ4v) is 3.90. The summed E-state index contributed by atoms with van der Waals surface area (Å²) in [5.41, 5.74) is 10.7. The lowest BCUT2D eigenvalue weighted by Gasteiger charge is -2.16. The Morgan fingerprint density at radius 3 is 2.75 bits per heavy atom. The van der Waals surface area contributed by atoms with Gasteiger partial charge in [-0.3, -0.25) is 4.79 Å². The average molecular weight is 429 g/mol. The summed E-state index contributed by atoms with van der Waals surface area (Å²) in [6.45, 7) is 4.82. The fourth-order valence-electron chi connectivity index (χ4n) is 3.90. The highest BCUT2D eigenvalue weighted by Gasteiger charge is 2.28. The van der Waals surface area contributed by atoms with Gasteiger partial charge in [0.1, 0.15) is 5.82 Å². The van der Waals surface area contributed by atoms with E-state index in [2.05, 4.69) is 45.3 Å². The molecule has 1 unspecified atom stereocenters. The smallest absolute Gasteiger partial charge is 0.228 e. The summed E-state index contributed by atoms with van der Waals surface area (Å²) in [4.78, 5) is 27.1. The molecule has 0 saturated carbocycles. The summed E-state index contributed by atoms with van der Waals surface area (Å²) in [6, 6.07) is 9.47. The Morgan fingerprint density at radius 1 is 1.16 bits per heavy atom. The third-order valence-corrected chi connectivity index (χ3v) is 5.58. The number of carbonyl (C=O) groups is 1. The van der Waals surface area contributed by atoms with Crippen LogP contribution in [0.25, 0.3) is 16.8 Å². The molecule has 9 heteroatoms. The number of aromatic nitrogens is 5. The molecule has 1 saturated heterocycles. The van der Waals surface area contributed by atoms with Crippen molar-refractivity contribution in [3.05, 3.63) is 60.7 Å². The first kappa shape index (κ1) is 20.1. The van der Waals surface area contributed by atoms with E-state index in [1.165, 1.54) is 5.56 Å². The number of anilines is 3. The standard InChI is InChI=1S/C23H24N8O/c1-14(2)18-12-27-31-8-6-15(9-20(18)31)19-5-7-25-23(28-19)29-21-4-3-17(11-26-21)30-13-16(24)10-22(30)32/h3-9,11-12,14,16H,10,13,24H2,1-2H3,(H,25,26,28,29). The number of nitrogens with two attached hydrogens (primary N) is 1. The van der Waals surface area contributed by atoms with E-state index in [-0.39, 0.29) is 11.9 Å². The number of amides is 1. The maximum Gasteiger partial charge on any atom is 0.228 e. The van der Waals surface area contributed by atoms with Gasteiger partial charge in [0, 0.05) is 42.5 Å². The lowest BCUT2D eigenvalue weighted by atomic mass is 10.0. The molecule has 32 heavy (non-hydrogen) atoms. The van der Waals surface area contributed by atoms with Crippen LogP contribution in [0.3, 0.4) is 0 Å². The molecule has 4 aromatic heterocycles. The third-order valence-electron chi connectivity index (χ3n) is 5.58. The molecule has 1 atom stereocenters. The van der Waals surface area contributed by atoms with Gasteiger partial charge in [-0.15, -0.1) is 0 Å². The Labute approximate surface area is 185 Å². The number of pyridine rings is 2. The Bertz CT molecular complexity index is 1280. The molecule has 1 fully saturated rings. The molecule has 162 valence electrons.